The van der Waals surface area contributed by atoms with Crippen LogP contribution in [-0.4, -0.2) is 65.3 Å². The zero-order chi connectivity index (χ0) is 20.4. The van der Waals surface area contributed by atoms with Crippen molar-refractivity contribution < 1.29 is 40.4 Å². The molecule has 3 rings (SSSR count). The lowest BCUT2D eigenvalue weighted by molar-refractivity contribution is -0.154. The van der Waals surface area contributed by atoms with Crippen molar-refractivity contribution in [1.82, 2.24) is 20.8 Å². The zero-order valence-electron chi connectivity index (χ0n) is 14.3. The molecule has 14 heteroatoms. The Morgan fingerprint density at radius 3 is 2.30 bits per heavy atom. The minimum absolute atomic E-state index is 0.159. The lowest BCUT2D eigenvalue weighted by Gasteiger charge is -2.34. The normalized spacial score (nSPS) is 30.9. The van der Waals surface area contributed by atoms with Crippen LogP contribution in [0.5, 0.6) is 0 Å². The second kappa shape index (κ2) is 5.97. The van der Waals surface area contributed by atoms with Crippen molar-refractivity contribution in [1.29, 1.82) is 0 Å². The number of hydroxylamine groups is 2. The first-order chi connectivity index (χ1) is 12.2. The van der Waals surface area contributed by atoms with Gasteiger partial charge in [0, 0.05) is 12.3 Å². The summed E-state index contributed by atoms with van der Waals surface area (Å²) in [5, 5.41) is -0.159. The first kappa shape index (κ1) is 19.7. The topological polar surface area (TPSA) is 145 Å². The quantitative estimate of drug-likeness (QED) is 0.414. The molecule has 3 N–H and O–H groups in total. The van der Waals surface area contributed by atoms with Crippen LogP contribution >= 0.6 is 0 Å². The third-order valence-corrected chi connectivity index (χ3v) is 5.38. The maximum absolute atomic E-state index is 14.3. The standard InChI is InChI=1S/C13H18F2N4O7S/c1-12(2)3-6(12)9(20)16-17-10(21)7-4-13(14,15)8-5-18(7)11(22)19(8)26-27(23,24)25/h6-8H,3-5H2,1-2H3,(H,16,20)(H,17,21)(H,23,24,25)/t6?,7-,8-/m0/s1. The predicted molar refractivity (Wildman–Crippen MR) is 81.9 cm³/mol. The Bertz CT molecular complexity index is 802. The maximum Gasteiger partial charge on any atom is 0.418 e. The highest BCUT2D eigenvalue weighted by Gasteiger charge is 2.62. The van der Waals surface area contributed by atoms with Gasteiger partial charge in [-0.15, -0.1) is 4.28 Å². The first-order valence-electron chi connectivity index (χ1n) is 7.97. The van der Waals surface area contributed by atoms with Gasteiger partial charge in [-0.1, -0.05) is 13.8 Å². The van der Waals surface area contributed by atoms with Gasteiger partial charge in [-0.05, 0) is 11.8 Å². The van der Waals surface area contributed by atoms with Gasteiger partial charge >= 0.3 is 16.4 Å². The largest absolute Gasteiger partial charge is 0.418 e. The molecule has 2 aliphatic heterocycles. The van der Waals surface area contributed by atoms with Crippen LogP contribution in [0.3, 0.4) is 0 Å². The number of hydrazine groups is 1. The van der Waals surface area contributed by atoms with Crippen molar-refractivity contribution in [2.24, 2.45) is 11.3 Å². The number of amides is 4. The van der Waals surface area contributed by atoms with E-state index in [-0.39, 0.29) is 16.4 Å². The molecule has 1 aliphatic carbocycles. The minimum atomic E-state index is -5.21. The summed E-state index contributed by atoms with van der Waals surface area (Å²) in [6.45, 7) is 3.02. The number of nitrogens with one attached hydrogen (secondary N) is 2. The Morgan fingerprint density at radius 2 is 1.78 bits per heavy atom. The molecule has 1 saturated carbocycles. The molecule has 27 heavy (non-hydrogen) atoms. The molecule has 11 nitrogen and oxygen atoms in total. The van der Waals surface area contributed by atoms with E-state index in [1.807, 2.05) is 19.3 Å². The SMILES string of the molecule is CC1(C)CC1C(=O)NNC(=O)[C@@H]1CC(F)(F)[C@@H]2CN1C(=O)N2OS(=O)(=O)O. The molecule has 4 amide bonds. The lowest BCUT2D eigenvalue weighted by Crippen LogP contribution is -2.58. The molecule has 2 heterocycles. The van der Waals surface area contributed by atoms with Gasteiger partial charge in [-0.25, -0.2) is 13.6 Å². The highest BCUT2D eigenvalue weighted by Crippen LogP contribution is 2.51. The number of carbonyl (C=O) groups is 3. The van der Waals surface area contributed by atoms with Crippen LogP contribution in [0.2, 0.25) is 0 Å². The second-order valence-corrected chi connectivity index (χ2v) is 8.49. The van der Waals surface area contributed by atoms with E-state index in [1.54, 1.807) is 0 Å². The number of fused-ring (bicyclic) bond motifs is 2. The van der Waals surface area contributed by atoms with Crippen LogP contribution in [0.15, 0.2) is 0 Å². The molecule has 2 bridgehead atoms. The molecule has 0 aromatic rings. The number of nitrogens with zero attached hydrogens (tertiary/aromatic N) is 2. The summed E-state index contributed by atoms with van der Waals surface area (Å²) in [5.41, 5.74) is 3.96. The maximum atomic E-state index is 14.3. The molecular formula is C13H18F2N4O7S. The number of rotatable bonds is 4. The summed E-state index contributed by atoms with van der Waals surface area (Å²) in [4.78, 5) is 37.0. The van der Waals surface area contributed by atoms with Gasteiger partial charge in [0.1, 0.15) is 12.1 Å². The highest BCUT2D eigenvalue weighted by atomic mass is 32.3. The van der Waals surface area contributed by atoms with Crippen LogP contribution in [0.4, 0.5) is 13.6 Å². The van der Waals surface area contributed by atoms with Crippen molar-refractivity contribution in [2.75, 3.05) is 6.54 Å². The molecule has 0 aromatic carbocycles. The lowest BCUT2D eigenvalue weighted by atomic mass is 9.96. The fraction of sp³-hybridized carbons (Fsp3) is 0.769. The highest BCUT2D eigenvalue weighted by molar-refractivity contribution is 7.80. The van der Waals surface area contributed by atoms with E-state index in [0.29, 0.717) is 11.3 Å². The van der Waals surface area contributed by atoms with Crippen molar-refractivity contribution in [3.05, 3.63) is 0 Å². The smallest absolute Gasteiger partial charge is 0.308 e. The fourth-order valence-corrected chi connectivity index (χ4v) is 3.67. The van der Waals surface area contributed by atoms with E-state index in [1.165, 1.54) is 0 Å². The Labute approximate surface area is 152 Å². The van der Waals surface area contributed by atoms with E-state index in [4.69, 9.17) is 4.55 Å². The summed E-state index contributed by atoms with van der Waals surface area (Å²) in [7, 11) is -5.21. The monoisotopic (exact) mass is 412 g/mol. The average molecular weight is 412 g/mol. The van der Waals surface area contributed by atoms with E-state index < -0.39 is 59.2 Å². The summed E-state index contributed by atoms with van der Waals surface area (Å²) >= 11 is 0. The number of hydrogen-bond acceptors (Lipinski definition) is 6. The van der Waals surface area contributed by atoms with Crippen molar-refractivity contribution in [3.63, 3.8) is 0 Å². The first-order valence-corrected chi connectivity index (χ1v) is 9.34. The number of halogens is 2. The fourth-order valence-electron chi connectivity index (χ4n) is 3.30. The molecule has 3 fully saturated rings. The number of piperidine rings is 1. The predicted octanol–water partition coefficient (Wildman–Crippen LogP) is -0.572. The van der Waals surface area contributed by atoms with Crippen molar-refractivity contribution in [3.8, 4) is 0 Å². The Kier molecular flexibility index (Phi) is 4.35. The summed E-state index contributed by atoms with van der Waals surface area (Å²) < 4.78 is 62.8. The Balaban J connectivity index is 1.69. The number of hydrogen-bond donors (Lipinski definition) is 3. The molecule has 1 unspecified atom stereocenters. The van der Waals surface area contributed by atoms with Gasteiger partial charge in [0.05, 0.1) is 6.54 Å². The van der Waals surface area contributed by atoms with Gasteiger partial charge in [0.25, 0.3) is 11.8 Å². The van der Waals surface area contributed by atoms with Crippen LogP contribution in [0, 0.1) is 11.3 Å². The second-order valence-electron chi connectivity index (χ2n) is 7.48. The van der Waals surface area contributed by atoms with E-state index in [2.05, 4.69) is 9.71 Å². The number of alkyl halides is 2. The Morgan fingerprint density at radius 1 is 1.22 bits per heavy atom. The number of urea groups is 1. The van der Waals surface area contributed by atoms with Crippen LogP contribution < -0.4 is 10.9 Å². The molecule has 0 aromatic heterocycles. The van der Waals surface area contributed by atoms with E-state index in [0.717, 1.165) is 0 Å². The van der Waals surface area contributed by atoms with Gasteiger partial charge in [-0.3, -0.25) is 25.0 Å². The van der Waals surface area contributed by atoms with Crippen LogP contribution in [0.1, 0.15) is 26.7 Å². The van der Waals surface area contributed by atoms with Gasteiger partial charge < -0.3 is 4.90 Å². The van der Waals surface area contributed by atoms with E-state index in [9.17, 15) is 31.6 Å². The van der Waals surface area contributed by atoms with Gasteiger partial charge in [-0.2, -0.15) is 13.5 Å². The molecule has 3 aliphatic rings. The molecule has 3 atom stereocenters. The van der Waals surface area contributed by atoms with E-state index >= 15 is 0 Å². The number of carbonyl (C=O) groups excluding carboxylic acids is 3. The van der Waals surface area contributed by atoms with Crippen molar-refractivity contribution in [2.45, 2.75) is 44.7 Å². The third kappa shape index (κ3) is 3.68. The van der Waals surface area contributed by atoms with Crippen LogP contribution in [-0.2, 0) is 24.3 Å². The summed E-state index contributed by atoms with van der Waals surface area (Å²) in [6.07, 6.45) is -0.490. The van der Waals surface area contributed by atoms with Crippen molar-refractivity contribution >= 4 is 28.2 Å². The van der Waals surface area contributed by atoms with Gasteiger partial charge in [0.15, 0.2) is 0 Å². The summed E-state index contributed by atoms with van der Waals surface area (Å²) in [6, 6.07) is -4.96. The molecular weight excluding hydrogens is 394 g/mol. The van der Waals surface area contributed by atoms with Gasteiger partial charge in [0.2, 0.25) is 5.91 Å². The molecule has 152 valence electrons. The molecule has 0 radical (unpaired) electrons. The molecule has 0 spiro atoms. The minimum Gasteiger partial charge on any atom is -0.308 e. The third-order valence-electron chi connectivity index (χ3n) is 5.03. The molecule has 2 saturated heterocycles. The van der Waals surface area contributed by atoms with Crippen LogP contribution in [0.25, 0.3) is 0 Å². The zero-order valence-corrected chi connectivity index (χ0v) is 15.1. The summed E-state index contributed by atoms with van der Waals surface area (Å²) in [5.74, 6) is -5.51. The average Bonchev–Trinajstić information content (AvgIpc) is 3.06. The Hall–Kier alpha value is -2.06.